The van der Waals surface area contributed by atoms with Gasteiger partial charge in [0.15, 0.2) is 6.29 Å². The van der Waals surface area contributed by atoms with E-state index >= 15 is 0 Å². The molecule has 1 aliphatic rings. The molecule has 1 fully saturated rings. The van der Waals surface area contributed by atoms with Crippen LogP contribution in [0.5, 0.6) is 0 Å². The third-order valence-electron chi connectivity index (χ3n) is 2.28. The average Bonchev–Trinajstić information content (AvgIpc) is 2.60. The van der Waals surface area contributed by atoms with Crippen molar-refractivity contribution in [2.75, 3.05) is 20.3 Å². The number of hydrogen-bond acceptors (Lipinski definition) is 3. The number of hydrogen-bond donors (Lipinski definition) is 0. The maximum atomic E-state index is 5.54. The Morgan fingerprint density at radius 3 is 2.85 bits per heavy atom. The maximum absolute atomic E-state index is 5.54. The van der Waals surface area contributed by atoms with Crippen LogP contribution in [-0.2, 0) is 14.2 Å². The molecule has 1 saturated heterocycles. The summed E-state index contributed by atoms with van der Waals surface area (Å²) >= 11 is 0. The van der Waals surface area contributed by atoms with Crippen LogP contribution in [0, 0.1) is 0 Å². The largest absolute Gasteiger partial charge is 0.379 e. The standard InChI is InChI=1S/C10H20O3/c1-3-4-7-12-8-9-5-6-10(11-2)13-9/h9-10H,3-8H2,1-2H3/t9-,10+/m0/s1. The molecule has 78 valence electrons. The van der Waals surface area contributed by atoms with E-state index in [1.165, 1.54) is 6.42 Å². The smallest absolute Gasteiger partial charge is 0.157 e. The first-order valence-corrected chi connectivity index (χ1v) is 5.12. The van der Waals surface area contributed by atoms with Crippen LogP contribution in [-0.4, -0.2) is 32.7 Å². The van der Waals surface area contributed by atoms with Gasteiger partial charge in [0.1, 0.15) is 0 Å². The third-order valence-corrected chi connectivity index (χ3v) is 2.28. The van der Waals surface area contributed by atoms with Gasteiger partial charge in [0.25, 0.3) is 0 Å². The lowest BCUT2D eigenvalue weighted by atomic mass is 10.2. The fraction of sp³-hybridized carbons (Fsp3) is 1.00. The summed E-state index contributed by atoms with van der Waals surface area (Å²) in [4.78, 5) is 0. The van der Waals surface area contributed by atoms with Crippen molar-refractivity contribution in [1.29, 1.82) is 0 Å². The maximum Gasteiger partial charge on any atom is 0.157 e. The normalized spacial score (nSPS) is 28.2. The molecule has 3 nitrogen and oxygen atoms in total. The Bertz CT molecular complexity index is 127. The van der Waals surface area contributed by atoms with Crippen molar-refractivity contribution in [3.8, 4) is 0 Å². The molecule has 0 bridgehead atoms. The Labute approximate surface area is 80.4 Å². The lowest BCUT2D eigenvalue weighted by molar-refractivity contribution is -0.128. The number of unbranched alkanes of at least 4 members (excludes halogenated alkanes) is 1. The van der Waals surface area contributed by atoms with Gasteiger partial charge < -0.3 is 14.2 Å². The molecule has 1 aliphatic heterocycles. The van der Waals surface area contributed by atoms with E-state index < -0.39 is 0 Å². The van der Waals surface area contributed by atoms with Gasteiger partial charge in [0.2, 0.25) is 0 Å². The highest BCUT2D eigenvalue weighted by atomic mass is 16.7. The van der Waals surface area contributed by atoms with Crippen molar-refractivity contribution >= 4 is 0 Å². The van der Waals surface area contributed by atoms with Gasteiger partial charge in [-0.25, -0.2) is 0 Å². The number of rotatable bonds is 6. The van der Waals surface area contributed by atoms with Gasteiger partial charge in [-0.05, 0) is 12.8 Å². The van der Waals surface area contributed by atoms with Crippen LogP contribution in [0.3, 0.4) is 0 Å². The lowest BCUT2D eigenvalue weighted by Crippen LogP contribution is -2.18. The molecule has 0 spiro atoms. The molecule has 13 heavy (non-hydrogen) atoms. The zero-order chi connectivity index (χ0) is 9.52. The quantitative estimate of drug-likeness (QED) is 0.596. The van der Waals surface area contributed by atoms with Gasteiger partial charge in [-0.2, -0.15) is 0 Å². The molecule has 3 heteroatoms. The van der Waals surface area contributed by atoms with E-state index in [1.54, 1.807) is 7.11 Å². The molecule has 0 radical (unpaired) electrons. The SMILES string of the molecule is CCCCOC[C@@H]1CC[C@H](OC)O1. The van der Waals surface area contributed by atoms with E-state index in [2.05, 4.69) is 6.92 Å². The van der Waals surface area contributed by atoms with Gasteiger partial charge in [0, 0.05) is 20.1 Å². The summed E-state index contributed by atoms with van der Waals surface area (Å²) < 4.78 is 16.1. The Hall–Kier alpha value is -0.120. The van der Waals surface area contributed by atoms with E-state index in [0.717, 1.165) is 32.5 Å². The van der Waals surface area contributed by atoms with Gasteiger partial charge >= 0.3 is 0 Å². The predicted molar refractivity (Wildman–Crippen MR) is 50.6 cm³/mol. The second-order valence-corrected chi connectivity index (χ2v) is 3.43. The summed E-state index contributed by atoms with van der Waals surface area (Å²) in [5.41, 5.74) is 0. The van der Waals surface area contributed by atoms with Crippen LogP contribution in [0.1, 0.15) is 32.6 Å². The molecule has 1 rings (SSSR count). The topological polar surface area (TPSA) is 27.7 Å². The summed E-state index contributed by atoms with van der Waals surface area (Å²) in [7, 11) is 1.69. The van der Waals surface area contributed by atoms with Crippen LogP contribution < -0.4 is 0 Å². The number of ether oxygens (including phenoxy) is 3. The van der Waals surface area contributed by atoms with Crippen molar-refractivity contribution in [3.63, 3.8) is 0 Å². The minimum absolute atomic E-state index is 0.000208. The van der Waals surface area contributed by atoms with Crippen LogP contribution in [0.2, 0.25) is 0 Å². The molecule has 0 aromatic rings. The lowest BCUT2D eigenvalue weighted by Gasteiger charge is -2.12. The van der Waals surface area contributed by atoms with Crippen molar-refractivity contribution in [2.24, 2.45) is 0 Å². The summed E-state index contributed by atoms with van der Waals surface area (Å²) in [6.07, 6.45) is 4.64. The van der Waals surface area contributed by atoms with E-state index in [4.69, 9.17) is 14.2 Å². The second kappa shape index (κ2) is 6.35. The minimum atomic E-state index is -0.000208. The third kappa shape index (κ3) is 4.07. The van der Waals surface area contributed by atoms with Crippen LogP contribution in [0.15, 0.2) is 0 Å². The van der Waals surface area contributed by atoms with Crippen molar-refractivity contribution in [3.05, 3.63) is 0 Å². The average molecular weight is 188 g/mol. The molecular weight excluding hydrogens is 168 g/mol. The highest BCUT2D eigenvalue weighted by Crippen LogP contribution is 2.19. The highest BCUT2D eigenvalue weighted by Gasteiger charge is 2.24. The molecule has 2 atom stereocenters. The van der Waals surface area contributed by atoms with E-state index in [9.17, 15) is 0 Å². The molecule has 0 saturated carbocycles. The van der Waals surface area contributed by atoms with Crippen LogP contribution in [0.25, 0.3) is 0 Å². The Morgan fingerprint density at radius 1 is 1.38 bits per heavy atom. The van der Waals surface area contributed by atoms with Crippen LogP contribution in [0.4, 0.5) is 0 Å². The van der Waals surface area contributed by atoms with Gasteiger partial charge in [-0.1, -0.05) is 13.3 Å². The molecule has 1 heterocycles. The summed E-state index contributed by atoms with van der Waals surface area (Å²) in [5, 5.41) is 0. The van der Waals surface area contributed by atoms with E-state index in [-0.39, 0.29) is 12.4 Å². The fourth-order valence-electron chi connectivity index (χ4n) is 1.43. The zero-order valence-electron chi connectivity index (χ0n) is 8.62. The summed E-state index contributed by atoms with van der Waals surface area (Å²) in [6, 6.07) is 0. The van der Waals surface area contributed by atoms with Crippen molar-refractivity contribution in [2.45, 2.75) is 45.0 Å². The van der Waals surface area contributed by atoms with Gasteiger partial charge in [-0.15, -0.1) is 0 Å². The van der Waals surface area contributed by atoms with Crippen molar-refractivity contribution < 1.29 is 14.2 Å². The molecule has 0 aromatic carbocycles. The molecule has 0 aliphatic carbocycles. The second-order valence-electron chi connectivity index (χ2n) is 3.43. The molecule has 0 aromatic heterocycles. The minimum Gasteiger partial charge on any atom is -0.379 e. The number of methoxy groups -OCH3 is 1. The monoisotopic (exact) mass is 188 g/mol. The zero-order valence-corrected chi connectivity index (χ0v) is 8.62. The van der Waals surface area contributed by atoms with E-state index in [1.807, 2.05) is 0 Å². The molecular formula is C10H20O3. The molecule has 0 amide bonds. The van der Waals surface area contributed by atoms with Crippen molar-refractivity contribution in [1.82, 2.24) is 0 Å². The Kier molecular flexibility index (Phi) is 5.35. The van der Waals surface area contributed by atoms with Gasteiger partial charge in [-0.3, -0.25) is 0 Å². The van der Waals surface area contributed by atoms with Gasteiger partial charge in [0.05, 0.1) is 12.7 Å². The van der Waals surface area contributed by atoms with E-state index in [0.29, 0.717) is 0 Å². The molecule has 0 N–H and O–H groups in total. The predicted octanol–water partition coefficient (Wildman–Crippen LogP) is 1.95. The van der Waals surface area contributed by atoms with Crippen LogP contribution >= 0.6 is 0 Å². The molecule has 0 unspecified atom stereocenters. The first-order valence-electron chi connectivity index (χ1n) is 5.12. The Balaban J connectivity index is 1.97. The Morgan fingerprint density at radius 2 is 2.23 bits per heavy atom. The summed E-state index contributed by atoms with van der Waals surface area (Å²) in [6.45, 7) is 3.74. The first-order chi connectivity index (χ1) is 6.36. The first kappa shape index (κ1) is 11.0. The fourth-order valence-corrected chi connectivity index (χ4v) is 1.43. The highest BCUT2D eigenvalue weighted by molar-refractivity contribution is 4.67. The summed E-state index contributed by atoms with van der Waals surface area (Å²) in [5.74, 6) is 0.